The molecule has 4 aromatic carbocycles. The summed E-state index contributed by atoms with van der Waals surface area (Å²) in [6, 6.07) is 22.0. The quantitative estimate of drug-likeness (QED) is 0.215. The van der Waals surface area contributed by atoms with Crippen LogP contribution in [0.15, 0.2) is 101 Å². The molecule has 0 aliphatic rings. The molecule has 0 fully saturated rings. The number of hydrogen-bond acceptors (Lipinski definition) is 7. The first-order valence-corrected chi connectivity index (χ1v) is 15.8. The van der Waals surface area contributed by atoms with E-state index in [-0.39, 0.29) is 42.6 Å². The molecule has 0 spiro atoms. The van der Waals surface area contributed by atoms with E-state index in [0.717, 1.165) is 4.31 Å². The molecule has 0 atom stereocenters. The number of nitrogens with one attached hydrogen (secondary N) is 2. The van der Waals surface area contributed by atoms with Crippen LogP contribution in [0.4, 0.5) is 17.1 Å². The van der Waals surface area contributed by atoms with Gasteiger partial charge in [0.2, 0.25) is 5.91 Å². The zero-order valence-electron chi connectivity index (χ0n) is 22.2. The third-order valence-electron chi connectivity index (χ3n) is 5.92. The van der Waals surface area contributed by atoms with E-state index in [4.69, 9.17) is 32.7 Å². The van der Waals surface area contributed by atoms with Crippen molar-refractivity contribution in [2.24, 2.45) is 0 Å². The molecule has 0 unspecified atom stereocenters. The monoisotopic (exact) mass is 649 g/mol. The Morgan fingerprint density at radius 3 is 2.14 bits per heavy atom. The first-order chi connectivity index (χ1) is 20.0. The summed E-state index contributed by atoms with van der Waals surface area (Å²) in [4.78, 5) is 13.0. The lowest BCUT2D eigenvalue weighted by atomic mass is 10.2. The summed E-state index contributed by atoms with van der Waals surface area (Å²) in [7, 11) is -5.42. The summed E-state index contributed by atoms with van der Waals surface area (Å²) >= 11 is 12.1. The van der Waals surface area contributed by atoms with Crippen molar-refractivity contribution in [1.82, 2.24) is 0 Å². The summed E-state index contributed by atoms with van der Waals surface area (Å²) in [5.41, 5.74) is 0.457. The Bertz CT molecular complexity index is 1800. The van der Waals surface area contributed by atoms with E-state index < -0.39 is 32.5 Å². The fourth-order valence-electron chi connectivity index (χ4n) is 3.84. The first kappa shape index (κ1) is 31.0. The van der Waals surface area contributed by atoms with Gasteiger partial charge in [-0.2, -0.15) is 0 Å². The number of hydrogen-bond donors (Lipinski definition) is 2. The Balaban J connectivity index is 1.58. The van der Waals surface area contributed by atoms with Crippen LogP contribution in [0.1, 0.15) is 0 Å². The van der Waals surface area contributed by atoms with Gasteiger partial charge in [0, 0.05) is 11.8 Å². The molecule has 0 saturated heterocycles. The van der Waals surface area contributed by atoms with Gasteiger partial charge < -0.3 is 14.8 Å². The molecule has 0 radical (unpaired) electrons. The number of halogens is 2. The van der Waals surface area contributed by atoms with Crippen molar-refractivity contribution in [3.05, 3.63) is 101 Å². The van der Waals surface area contributed by atoms with Crippen LogP contribution in [-0.4, -0.2) is 43.5 Å². The predicted octanol–water partition coefficient (Wildman–Crippen LogP) is 5.65. The van der Waals surface area contributed by atoms with E-state index >= 15 is 0 Å². The minimum Gasteiger partial charge on any atom is -0.497 e. The van der Waals surface area contributed by atoms with Gasteiger partial charge in [-0.1, -0.05) is 47.5 Å². The van der Waals surface area contributed by atoms with Gasteiger partial charge in [0.15, 0.2) is 0 Å². The van der Waals surface area contributed by atoms with Crippen LogP contribution in [0.3, 0.4) is 0 Å². The Kier molecular flexibility index (Phi) is 9.52. The summed E-state index contributed by atoms with van der Waals surface area (Å²) in [6.45, 7) is -0.616. The molecule has 42 heavy (non-hydrogen) atoms. The number of benzene rings is 4. The smallest absolute Gasteiger partial charge is 0.264 e. The molecule has 0 heterocycles. The molecule has 1 amide bonds. The normalized spacial score (nSPS) is 11.4. The highest BCUT2D eigenvalue weighted by molar-refractivity contribution is 7.93. The van der Waals surface area contributed by atoms with Gasteiger partial charge in [-0.25, -0.2) is 16.8 Å². The lowest BCUT2D eigenvalue weighted by Crippen LogP contribution is -2.38. The highest BCUT2D eigenvalue weighted by atomic mass is 35.5. The molecular weight excluding hydrogens is 625 g/mol. The van der Waals surface area contributed by atoms with Crippen molar-refractivity contribution in [2.75, 3.05) is 35.1 Å². The molecule has 0 saturated carbocycles. The Morgan fingerprint density at radius 1 is 0.810 bits per heavy atom. The maximum Gasteiger partial charge on any atom is 0.264 e. The highest BCUT2D eigenvalue weighted by Crippen LogP contribution is 2.35. The number of carbonyl (C=O) groups excluding carboxylic acids is 1. The molecule has 0 bridgehead atoms. The molecule has 0 aliphatic heterocycles. The second-order valence-electron chi connectivity index (χ2n) is 8.64. The number of carbonyl (C=O) groups is 1. The topological polar surface area (TPSA) is 131 Å². The van der Waals surface area contributed by atoms with Crippen molar-refractivity contribution in [2.45, 2.75) is 9.79 Å². The minimum absolute atomic E-state index is 0.0301. The van der Waals surface area contributed by atoms with E-state index in [0.29, 0.717) is 5.75 Å². The number of amides is 1. The number of sulfonamides is 2. The number of rotatable bonds is 11. The standard InChI is InChI=1S/C28H25Cl2N3O7S2/c1-39-20-13-16-25(26(17-20)40-2)33(42(37,38)22-7-4-3-5-8-22)18-27(34)31-19-11-14-21(15-12-19)41(35,36)32-24-10-6-9-23(29)28(24)30/h3-17,32H,18H2,1-2H3,(H,31,34). The number of methoxy groups -OCH3 is 2. The van der Waals surface area contributed by atoms with Gasteiger partial charge in [-0.15, -0.1) is 0 Å². The van der Waals surface area contributed by atoms with Crippen LogP contribution in [0.2, 0.25) is 10.0 Å². The third-order valence-corrected chi connectivity index (χ3v) is 9.89. The molecule has 0 aromatic heterocycles. The Hall–Kier alpha value is -3.97. The van der Waals surface area contributed by atoms with Gasteiger partial charge in [0.1, 0.15) is 18.0 Å². The Labute approximate surface area is 253 Å². The van der Waals surface area contributed by atoms with Gasteiger partial charge in [0.05, 0.1) is 45.4 Å². The SMILES string of the molecule is COc1ccc(N(CC(=O)Nc2ccc(S(=O)(=O)Nc3cccc(Cl)c3Cl)cc2)S(=O)(=O)c2ccccc2)c(OC)c1. The predicted molar refractivity (Wildman–Crippen MR) is 163 cm³/mol. The van der Waals surface area contributed by atoms with Crippen molar-refractivity contribution in [1.29, 1.82) is 0 Å². The molecule has 4 aromatic rings. The van der Waals surface area contributed by atoms with Gasteiger partial charge >= 0.3 is 0 Å². The lowest BCUT2D eigenvalue weighted by molar-refractivity contribution is -0.114. The average molecular weight is 651 g/mol. The van der Waals surface area contributed by atoms with Crippen molar-refractivity contribution >= 4 is 66.2 Å². The van der Waals surface area contributed by atoms with E-state index in [9.17, 15) is 21.6 Å². The fourth-order valence-corrected chi connectivity index (χ4v) is 6.77. The van der Waals surface area contributed by atoms with Gasteiger partial charge in [-0.3, -0.25) is 13.8 Å². The number of nitrogens with zero attached hydrogens (tertiary/aromatic N) is 1. The molecule has 10 nitrogen and oxygen atoms in total. The van der Waals surface area contributed by atoms with E-state index in [1.165, 1.54) is 74.9 Å². The largest absolute Gasteiger partial charge is 0.497 e. The zero-order chi connectivity index (χ0) is 30.5. The zero-order valence-corrected chi connectivity index (χ0v) is 25.4. The molecular formula is C28H25Cl2N3O7S2. The third kappa shape index (κ3) is 6.90. The molecule has 0 aliphatic carbocycles. The average Bonchev–Trinajstić information content (AvgIpc) is 2.98. The fraction of sp³-hybridized carbons (Fsp3) is 0.107. The van der Waals surface area contributed by atoms with Crippen LogP contribution in [0.5, 0.6) is 11.5 Å². The number of anilines is 3. The van der Waals surface area contributed by atoms with Crippen LogP contribution < -0.4 is 23.8 Å². The van der Waals surface area contributed by atoms with Crippen LogP contribution in [0.25, 0.3) is 0 Å². The lowest BCUT2D eigenvalue weighted by Gasteiger charge is -2.26. The van der Waals surface area contributed by atoms with Crippen molar-refractivity contribution < 1.29 is 31.1 Å². The Morgan fingerprint density at radius 2 is 1.50 bits per heavy atom. The summed E-state index contributed by atoms with van der Waals surface area (Å²) in [5.74, 6) is -0.0883. The highest BCUT2D eigenvalue weighted by Gasteiger charge is 2.30. The molecule has 220 valence electrons. The van der Waals surface area contributed by atoms with E-state index in [1.54, 1.807) is 30.3 Å². The second-order valence-corrected chi connectivity index (χ2v) is 13.0. The number of ether oxygens (including phenoxy) is 2. The molecule has 14 heteroatoms. The summed E-state index contributed by atoms with van der Waals surface area (Å²) in [6.07, 6.45) is 0. The molecule has 2 N–H and O–H groups in total. The van der Waals surface area contributed by atoms with E-state index in [2.05, 4.69) is 10.0 Å². The van der Waals surface area contributed by atoms with E-state index in [1.807, 2.05) is 0 Å². The van der Waals surface area contributed by atoms with Gasteiger partial charge in [0.25, 0.3) is 20.0 Å². The maximum atomic E-state index is 13.7. The minimum atomic E-state index is -4.21. The van der Waals surface area contributed by atoms with Crippen molar-refractivity contribution in [3.8, 4) is 11.5 Å². The first-order valence-electron chi connectivity index (χ1n) is 12.1. The maximum absolute atomic E-state index is 13.7. The second kappa shape index (κ2) is 12.9. The van der Waals surface area contributed by atoms with Crippen LogP contribution in [-0.2, 0) is 24.8 Å². The van der Waals surface area contributed by atoms with Gasteiger partial charge in [-0.05, 0) is 60.7 Å². The summed E-state index contributed by atoms with van der Waals surface area (Å²) in [5, 5.41) is 2.84. The molecule has 4 rings (SSSR count). The summed E-state index contributed by atoms with van der Waals surface area (Å²) < 4.78 is 67.0. The van der Waals surface area contributed by atoms with Crippen LogP contribution in [0, 0.1) is 0 Å². The van der Waals surface area contributed by atoms with Crippen LogP contribution >= 0.6 is 23.2 Å². The van der Waals surface area contributed by atoms with Crippen molar-refractivity contribution in [3.63, 3.8) is 0 Å².